The molecule has 0 spiro atoms. The van der Waals surface area contributed by atoms with Gasteiger partial charge in [0.1, 0.15) is 5.69 Å². The number of carbonyl (C=O) groups is 2. The minimum absolute atomic E-state index is 0.266. The maximum Gasteiger partial charge on any atom is 0.312 e. The second kappa shape index (κ2) is 6.27. The van der Waals surface area contributed by atoms with E-state index in [1.807, 2.05) is 12.1 Å². The average Bonchev–Trinajstić information content (AvgIpc) is 3.08. The van der Waals surface area contributed by atoms with E-state index >= 15 is 0 Å². The molecule has 0 N–H and O–H groups in total. The highest BCUT2D eigenvalue weighted by molar-refractivity contribution is 7.13. The number of rotatable bonds is 4. The lowest BCUT2D eigenvalue weighted by Gasteiger charge is -2.42. The maximum absolute atomic E-state index is 12.3. The Morgan fingerprint density at radius 1 is 1.12 bits per heavy atom. The number of amides is 2. The van der Waals surface area contributed by atoms with Crippen molar-refractivity contribution in [1.82, 2.24) is 25.0 Å². The lowest BCUT2D eigenvalue weighted by molar-refractivity contribution is -0.159. The Morgan fingerprint density at radius 3 is 2.62 bits per heavy atom. The molecule has 24 heavy (non-hydrogen) atoms. The summed E-state index contributed by atoms with van der Waals surface area (Å²) in [7, 11) is 0. The molecular weight excluding hydrogens is 326 g/mol. The number of nitrogens with zero attached hydrogens (tertiary/aromatic N) is 5. The number of piperazine rings is 1. The van der Waals surface area contributed by atoms with Crippen molar-refractivity contribution in [1.29, 1.82) is 0 Å². The molecule has 0 bridgehead atoms. The predicted octanol–water partition coefficient (Wildman–Crippen LogP) is 1.32. The third kappa shape index (κ3) is 2.77. The number of aromatic nitrogens is 3. The molecule has 2 aliphatic rings. The minimum Gasteiger partial charge on any atom is -0.330 e. The molecule has 1 aliphatic carbocycles. The normalized spacial score (nSPS) is 18.8. The first-order valence-corrected chi connectivity index (χ1v) is 8.91. The van der Waals surface area contributed by atoms with Crippen LogP contribution in [0.1, 0.15) is 25.0 Å². The molecule has 1 aliphatic heterocycles. The van der Waals surface area contributed by atoms with Gasteiger partial charge >= 0.3 is 11.8 Å². The van der Waals surface area contributed by atoms with Gasteiger partial charge in [0.15, 0.2) is 0 Å². The molecule has 3 heterocycles. The van der Waals surface area contributed by atoms with Crippen LogP contribution in [0.3, 0.4) is 0 Å². The fourth-order valence-electron chi connectivity index (χ4n) is 3.00. The molecule has 1 saturated carbocycles. The molecule has 2 aromatic rings. The van der Waals surface area contributed by atoms with Gasteiger partial charge in [0.2, 0.25) is 0 Å². The third-order valence-corrected chi connectivity index (χ3v) is 5.41. The Kier molecular flexibility index (Phi) is 3.97. The number of thiazole rings is 1. The summed E-state index contributed by atoms with van der Waals surface area (Å²) in [5.74, 6) is -0.804. The molecule has 0 atom stereocenters. The number of hydrogen-bond acceptors (Lipinski definition) is 6. The summed E-state index contributed by atoms with van der Waals surface area (Å²) in [5.41, 5.74) is 3.19. The molecule has 2 fully saturated rings. The van der Waals surface area contributed by atoms with Gasteiger partial charge in [-0.2, -0.15) is 5.10 Å². The van der Waals surface area contributed by atoms with Crippen molar-refractivity contribution in [2.45, 2.75) is 31.8 Å². The molecule has 0 unspecified atom stereocenters. The van der Waals surface area contributed by atoms with Gasteiger partial charge in [-0.3, -0.25) is 14.6 Å². The average molecular weight is 343 g/mol. The third-order valence-electron chi connectivity index (χ3n) is 4.61. The number of hydrogen-bond donors (Lipinski definition) is 0. The summed E-state index contributed by atoms with van der Waals surface area (Å²) in [6.07, 6.45) is 4.93. The lowest BCUT2D eigenvalue weighted by Crippen LogP contribution is -2.58. The Hall–Kier alpha value is -2.35. The monoisotopic (exact) mass is 343 g/mol. The van der Waals surface area contributed by atoms with Gasteiger partial charge in [-0.25, -0.2) is 0 Å². The van der Waals surface area contributed by atoms with Crippen LogP contribution in [0.15, 0.2) is 23.8 Å². The van der Waals surface area contributed by atoms with E-state index in [0.29, 0.717) is 25.3 Å². The van der Waals surface area contributed by atoms with Crippen molar-refractivity contribution >= 4 is 23.2 Å². The zero-order valence-corrected chi connectivity index (χ0v) is 13.9. The van der Waals surface area contributed by atoms with Crippen LogP contribution in [-0.4, -0.2) is 55.9 Å². The van der Waals surface area contributed by atoms with Gasteiger partial charge in [0.05, 0.1) is 22.6 Å². The van der Waals surface area contributed by atoms with Crippen molar-refractivity contribution in [3.63, 3.8) is 0 Å². The van der Waals surface area contributed by atoms with Crippen molar-refractivity contribution in [2.75, 3.05) is 13.1 Å². The van der Waals surface area contributed by atoms with Crippen LogP contribution < -0.4 is 0 Å². The van der Waals surface area contributed by atoms with E-state index in [4.69, 9.17) is 0 Å². The quantitative estimate of drug-likeness (QED) is 0.783. The van der Waals surface area contributed by atoms with E-state index in [1.54, 1.807) is 21.5 Å². The Bertz CT molecular complexity index is 742. The summed E-state index contributed by atoms with van der Waals surface area (Å²) >= 11 is 1.50. The summed E-state index contributed by atoms with van der Waals surface area (Å²) < 4.78 is 0. The van der Waals surface area contributed by atoms with E-state index in [1.165, 1.54) is 11.3 Å². The predicted molar refractivity (Wildman–Crippen MR) is 87.9 cm³/mol. The van der Waals surface area contributed by atoms with Gasteiger partial charge in [0, 0.05) is 25.3 Å². The van der Waals surface area contributed by atoms with Crippen LogP contribution in [-0.2, 0) is 16.1 Å². The molecule has 2 aromatic heterocycles. The summed E-state index contributed by atoms with van der Waals surface area (Å²) in [6, 6.07) is 3.98. The summed E-state index contributed by atoms with van der Waals surface area (Å²) in [5, 5.41) is 8.36. The molecule has 8 heteroatoms. The zero-order chi connectivity index (χ0) is 16.5. The largest absolute Gasteiger partial charge is 0.330 e. The van der Waals surface area contributed by atoms with Crippen molar-refractivity contribution < 1.29 is 9.59 Å². The van der Waals surface area contributed by atoms with Gasteiger partial charge in [-0.05, 0) is 31.4 Å². The highest BCUT2D eigenvalue weighted by atomic mass is 32.1. The molecule has 1 saturated heterocycles. The Labute approximate surface area is 143 Å². The fraction of sp³-hybridized carbons (Fsp3) is 0.438. The first-order chi connectivity index (χ1) is 11.7. The van der Waals surface area contributed by atoms with E-state index in [2.05, 4.69) is 15.2 Å². The second-order valence-electron chi connectivity index (χ2n) is 6.09. The van der Waals surface area contributed by atoms with Gasteiger partial charge < -0.3 is 9.80 Å². The second-order valence-corrected chi connectivity index (χ2v) is 6.97. The maximum atomic E-state index is 12.3. The van der Waals surface area contributed by atoms with E-state index in [-0.39, 0.29) is 11.9 Å². The SMILES string of the molecule is O=C1C(=O)N(C2CCC2)CCN1Cc1ccc(-c2cncs2)nn1. The van der Waals surface area contributed by atoms with Crippen LogP contribution in [0.4, 0.5) is 0 Å². The van der Waals surface area contributed by atoms with Gasteiger partial charge in [0.25, 0.3) is 0 Å². The molecule has 0 radical (unpaired) electrons. The van der Waals surface area contributed by atoms with Crippen LogP contribution in [0.2, 0.25) is 0 Å². The Balaban J connectivity index is 1.42. The smallest absolute Gasteiger partial charge is 0.312 e. The molecule has 124 valence electrons. The van der Waals surface area contributed by atoms with Crippen LogP contribution in [0.5, 0.6) is 0 Å². The summed E-state index contributed by atoms with van der Waals surface area (Å²) in [6.45, 7) is 1.49. The first kappa shape index (κ1) is 15.2. The van der Waals surface area contributed by atoms with Crippen molar-refractivity contribution in [3.05, 3.63) is 29.5 Å². The van der Waals surface area contributed by atoms with Crippen molar-refractivity contribution in [3.8, 4) is 10.6 Å². The minimum atomic E-state index is -0.429. The highest BCUT2D eigenvalue weighted by Gasteiger charge is 2.38. The summed E-state index contributed by atoms with van der Waals surface area (Å²) in [4.78, 5) is 32.9. The number of carbonyl (C=O) groups excluding carboxylic acids is 2. The Morgan fingerprint density at radius 2 is 2.00 bits per heavy atom. The van der Waals surface area contributed by atoms with Crippen molar-refractivity contribution in [2.24, 2.45) is 0 Å². The molecule has 0 aromatic carbocycles. The fourth-order valence-corrected chi connectivity index (χ4v) is 3.59. The first-order valence-electron chi connectivity index (χ1n) is 8.04. The zero-order valence-electron chi connectivity index (χ0n) is 13.1. The lowest BCUT2D eigenvalue weighted by atomic mass is 9.91. The topological polar surface area (TPSA) is 79.3 Å². The van der Waals surface area contributed by atoms with Crippen LogP contribution in [0.25, 0.3) is 10.6 Å². The highest BCUT2D eigenvalue weighted by Crippen LogP contribution is 2.26. The van der Waals surface area contributed by atoms with Crippen LogP contribution in [0, 0.1) is 0 Å². The van der Waals surface area contributed by atoms with Crippen LogP contribution >= 0.6 is 11.3 Å². The molecule has 2 amide bonds. The van der Waals surface area contributed by atoms with Gasteiger partial charge in [-0.1, -0.05) is 0 Å². The molecule has 7 nitrogen and oxygen atoms in total. The van der Waals surface area contributed by atoms with E-state index in [9.17, 15) is 9.59 Å². The molecular formula is C16H17N5O2S. The van der Waals surface area contributed by atoms with E-state index in [0.717, 1.165) is 29.8 Å². The van der Waals surface area contributed by atoms with Gasteiger partial charge in [-0.15, -0.1) is 16.4 Å². The standard InChI is InChI=1S/C16H17N5O2S/c22-15-16(23)21(12-2-1-3-12)7-6-20(15)9-11-4-5-13(19-18-11)14-8-17-10-24-14/h4-5,8,10,12H,1-3,6-7,9H2. The molecule has 4 rings (SSSR count). The van der Waals surface area contributed by atoms with E-state index < -0.39 is 5.91 Å².